The Labute approximate surface area is 176 Å². The molecule has 2 aromatic carbocycles. The molecule has 5 rings (SSSR count). The third kappa shape index (κ3) is 3.62. The number of piperidine rings is 1. The Morgan fingerprint density at radius 1 is 0.933 bits per heavy atom. The standard InChI is InChI=1S/C23H22N4O2S/c28-30(29)21-3-1-2-19(12-21)22-14-26-27-15-20(13-25-23(22)27)17-6-4-16(5-7-17)18-8-10-24-11-9-18/h1-7,12-15,18,24,30H,8-11H2. The molecule has 0 saturated carbocycles. The van der Waals surface area contributed by atoms with Crippen LogP contribution < -0.4 is 5.32 Å². The maximum absolute atomic E-state index is 11.3. The molecule has 1 aliphatic heterocycles. The molecular formula is C23H22N4O2S. The SMILES string of the molecule is O=[SH](=O)c1cccc(-c2cnn3cc(-c4ccc(C5CCNCC5)cc4)cnc23)c1. The predicted molar refractivity (Wildman–Crippen MR) is 117 cm³/mol. The van der Waals surface area contributed by atoms with Crippen molar-refractivity contribution in [1.29, 1.82) is 0 Å². The maximum Gasteiger partial charge on any atom is 0.168 e. The molecule has 0 bridgehead atoms. The molecule has 152 valence electrons. The van der Waals surface area contributed by atoms with Gasteiger partial charge in [0, 0.05) is 23.5 Å². The first-order chi connectivity index (χ1) is 14.7. The zero-order chi connectivity index (χ0) is 20.5. The highest BCUT2D eigenvalue weighted by atomic mass is 32.2. The Kier molecular flexibility index (Phi) is 5.06. The molecule has 2 aromatic heterocycles. The van der Waals surface area contributed by atoms with E-state index in [-0.39, 0.29) is 4.90 Å². The molecule has 6 nitrogen and oxygen atoms in total. The van der Waals surface area contributed by atoms with Crippen LogP contribution in [0.1, 0.15) is 24.3 Å². The summed E-state index contributed by atoms with van der Waals surface area (Å²) in [6.45, 7) is 2.17. The fourth-order valence-electron chi connectivity index (χ4n) is 4.12. The van der Waals surface area contributed by atoms with E-state index in [0.29, 0.717) is 11.6 Å². The number of benzene rings is 2. The normalized spacial score (nSPS) is 15.1. The lowest BCUT2D eigenvalue weighted by atomic mass is 9.89. The van der Waals surface area contributed by atoms with Gasteiger partial charge in [0.25, 0.3) is 0 Å². The summed E-state index contributed by atoms with van der Waals surface area (Å²) in [7, 11) is -2.63. The van der Waals surface area contributed by atoms with E-state index < -0.39 is 10.7 Å². The van der Waals surface area contributed by atoms with Gasteiger partial charge in [0.05, 0.1) is 11.1 Å². The Morgan fingerprint density at radius 2 is 1.73 bits per heavy atom. The summed E-state index contributed by atoms with van der Waals surface area (Å²) < 4.78 is 24.4. The average molecular weight is 419 g/mol. The van der Waals surface area contributed by atoms with Gasteiger partial charge in [-0.2, -0.15) is 5.10 Å². The van der Waals surface area contributed by atoms with Gasteiger partial charge in [-0.3, -0.25) is 0 Å². The Balaban J connectivity index is 1.45. The second kappa shape index (κ2) is 8.01. The second-order valence-electron chi connectivity index (χ2n) is 7.62. The van der Waals surface area contributed by atoms with Crippen molar-refractivity contribution >= 4 is 16.4 Å². The third-order valence-electron chi connectivity index (χ3n) is 5.78. The third-order valence-corrected chi connectivity index (χ3v) is 6.48. The van der Waals surface area contributed by atoms with Crippen LogP contribution in [-0.4, -0.2) is 36.1 Å². The lowest BCUT2D eigenvalue weighted by Gasteiger charge is -2.23. The highest BCUT2D eigenvalue weighted by Gasteiger charge is 2.15. The molecule has 0 radical (unpaired) electrons. The molecule has 1 saturated heterocycles. The van der Waals surface area contributed by atoms with Gasteiger partial charge in [0.2, 0.25) is 0 Å². The molecule has 3 heterocycles. The van der Waals surface area contributed by atoms with Crippen LogP contribution in [0.25, 0.3) is 27.9 Å². The first-order valence-corrected chi connectivity index (χ1v) is 11.3. The van der Waals surface area contributed by atoms with Crippen molar-refractivity contribution in [2.45, 2.75) is 23.7 Å². The zero-order valence-corrected chi connectivity index (χ0v) is 17.3. The topological polar surface area (TPSA) is 76.4 Å². The van der Waals surface area contributed by atoms with E-state index in [2.05, 4.69) is 39.7 Å². The molecule has 1 aliphatic rings. The van der Waals surface area contributed by atoms with E-state index >= 15 is 0 Å². The van der Waals surface area contributed by atoms with Crippen LogP contribution in [0.4, 0.5) is 0 Å². The van der Waals surface area contributed by atoms with Crippen LogP contribution in [0, 0.1) is 0 Å². The second-order valence-corrected chi connectivity index (χ2v) is 8.65. The molecular weight excluding hydrogens is 396 g/mol. The van der Waals surface area contributed by atoms with Gasteiger partial charge >= 0.3 is 0 Å². The molecule has 0 amide bonds. The minimum atomic E-state index is -2.63. The summed E-state index contributed by atoms with van der Waals surface area (Å²) in [5.74, 6) is 0.634. The summed E-state index contributed by atoms with van der Waals surface area (Å²) in [5, 5.41) is 7.86. The highest BCUT2D eigenvalue weighted by Crippen LogP contribution is 2.29. The van der Waals surface area contributed by atoms with Crippen molar-refractivity contribution in [1.82, 2.24) is 19.9 Å². The van der Waals surface area contributed by atoms with Gasteiger partial charge in [-0.1, -0.05) is 36.4 Å². The quantitative estimate of drug-likeness (QED) is 0.496. The highest BCUT2D eigenvalue weighted by molar-refractivity contribution is 7.72. The van der Waals surface area contributed by atoms with Crippen molar-refractivity contribution in [2.24, 2.45) is 0 Å². The monoisotopic (exact) mass is 418 g/mol. The van der Waals surface area contributed by atoms with Gasteiger partial charge in [0.15, 0.2) is 16.4 Å². The number of aromatic nitrogens is 3. The minimum Gasteiger partial charge on any atom is -0.317 e. The van der Waals surface area contributed by atoms with Gasteiger partial charge in [-0.15, -0.1) is 0 Å². The first kappa shape index (κ1) is 19.0. The molecule has 0 spiro atoms. The van der Waals surface area contributed by atoms with Gasteiger partial charge < -0.3 is 5.32 Å². The largest absolute Gasteiger partial charge is 0.317 e. The van der Waals surface area contributed by atoms with Crippen molar-refractivity contribution < 1.29 is 8.42 Å². The van der Waals surface area contributed by atoms with E-state index in [0.717, 1.165) is 35.3 Å². The summed E-state index contributed by atoms with van der Waals surface area (Å²) in [4.78, 5) is 4.91. The molecule has 4 aromatic rings. The number of nitrogens with zero attached hydrogens (tertiary/aromatic N) is 3. The lowest BCUT2D eigenvalue weighted by Crippen LogP contribution is -2.26. The minimum absolute atomic E-state index is 0.285. The van der Waals surface area contributed by atoms with Crippen LogP contribution >= 0.6 is 0 Å². The summed E-state index contributed by atoms with van der Waals surface area (Å²) in [6.07, 6.45) is 7.90. The smallest absolute Gasteiger partial charge is 0.168 e. The van der Waals surface area contributed by atoms with Crippen molar-refractivity contribution in [3.63, 3.8) is 0 Å². The molecule has 30 heavy (non-hydrogen) atoms. The summed E-state index contributed by atoms with van der Waals surface area (Å²) in [5.41, 5.74) is 5.78. The molecule has 1 N–H and O–H groups in total. The number of hydrogen-bond donors (Lipinski definition) is 2. The molecule has 0 unspecified atom stereocenters. The van der Waals surface area contributed by atoms with E-state index in [1.807, 2.05) is 18.5 Å². The van der Waals surface area contributed by atoms with Crippen molar-refractivity contribution in [3.8, 4) is 22.3 Å². The zero-order valence-electron chi connectivity index (χ0n) is 16.4. The number of hydrogen-bond acceptors (Lipinski definition) is 5. The average Bonchev–Trinajstić information content (AvgIpc) is 3.23. The molecule has 1 fully saturated rings. The lowest BCUT2D eigenvalue weighted by molar-refractivity contribution is 0.460. The molecule has 0 atom stereocenters. The van der Waals surface area contributed by atoms with Crippen LogP contribution in [0.3, 0.4) is 0 Å². The summed E-state index contributed by atoms with van der Waals surface area (Å²) >= 11 is 0. The maximum atomic E-state index is 11.3. The Hall–Kier alpha value is -3.03. The summed E-state index contributed by atoms with van der Waals surface area (Å²) in [6, 6.07) is 15.6. The van der Waals surface area contributed by atoms with Crippen molar-refractivity contribution in [3.05, 3.63) is 72.7 Å². The fraction of sp³-hybridized carbons (Fsp3) is 0.217. The Bertz CT molecular complexity index is 1260. The number of fused-ring (bicyclic) bond motifs is 1. The molecule has 0 aliphatic carbocycles. The van der Waals surface area contributed by atoms with Gasteiger partial charge in [0.1, 0.15) is 0 Å². The van der Waals surface area contributed by atoms with Gasteiger partial charge in [-0.25, -0.2) is 17.9 Å². The predicted octanol–water partition coefficient (Wildman–Crippen LogP) is 3.50. The van der Waals surface area contributed by atoms with Crippen LogP contribution in [-0.2, 0) is 10.7 Å². The van der Waals surface area contributed by atoms with Gasteiger partial charge in [-0.05, 0) is 60.7 Å². The number of rotatable bonds is 4. The van der Waals surface area contributed by atoms with E-state index in [1.165, 1.54) is 18.4 Å². The van der Waals surface area contributed by atoms with E-state index in [1.54, 1.807) is 28.9 Å². The Morgan fingerprint density at radius 3 is 2.50 bits per heavy atom. The van der Waals surface area contributed by atoms with Crippen LogP contribution in [0.5, 0.6) is 0 Å². The van der Waals surface area contributed by atoms with E-state index in [9.17, 15) is 8.42 Å². The number of nitrogens with one attached hydrogen (secondary N) is 1. The fourth-order valence-corrected chi connectivity index (χ4v) is 4.57. The molecule has 7 heteroatoms. The first-order valence-electron chi connectivity index (χ1n) is 10.1. The number of thiol groups is 1. The van der Waals surface area contributed by atoms with Crippen LogP contribution in [0.2, 0.25) is 0 Å². The van der Waals surface area contributed by atoms with Crippen LogP contribution in [0.15, 0.2) is 72.0 Å². The van der Waals surface area contributed by atoms with Crippen molar-refractivity contribution in [2.75, 3.05) is 13.1 Å². The van der Waals surface area contributed by atoms with E-state index in [4.69, 9.17) is 0 Å².